The third kappa shape index (κ3) is 3.01. The molecule has 2 rings (SSSR count). The van der Waals surface area contributed by atoms with Crippen LogP contribution in [0.5, 0.6) is 0 Å². The topological polar surface area (TPSA) is 72.0 Å². The molecular weight excluding hydrogens is 306 g/mol. The Bertz CT molecular complexity index is 616. The van der Waals surface area contributed by atoms with Crippen molar-refractivity contribution in [3.63, 3.8) is 0 Å². The van der Waals surface area contributed by atoms with Gasteiger partial charge < -0.3 is 0 Å². The fraction of sp³-hybridized carbons (Fsp3) is 0. The number of nitrogens with zero attached hydrogens (tertiary/aromatic N) is 2. The van der Waals surface area contributed by atoms with E-state index in [4.69, 9.17) is 0 Å². The summed E-state index contributed by atoms with van der Waals surface area (Å²) < 4.78 is 26.9. The minimum atomic E-state index is -3.62. The standard InChI is InChI=1S/C10H8BrN3O2S/c11-8-4-10(7-13-5-8)17(15,16)14-9-2-1-3-12-6-9/h1-7,14H. The molecular formula is C10H8BrN3O2S. The van der Waals surface area contributed by atoms with Crippen LogP contribution in [0.3, 0.4) is 0 Å². The van der Waals surface area contributed by atoms with Gasteiger partial charge in [0.25, 0.3) is 10.0 Å². The zero-order valence-corrected chi connectivity index (χ0v) is 10.9. The van der Waals surface area contributed by atoms with E-state index in [0.29, 0.717) is 10.2 Å². The molecule has 7 heteroatoms. The molecule has 0 saturated carbocycles. The van der Waals surface area contributed by atoms with Crippen LogP contribution in [0.4, 0.5) is 5.69 Å². The predicted octanol–water partition coefficient (Wildman–Crippen LogP) is 2.04. The van der Waals surface area contributed by atoms with Crippen LogP contribution in [-0.2, 0) is 10.0 Å². The summed E-state index contributed by atoms with van der Waals surface area (Å²) in [6.45, 7) is 0. The van der Waals surface area contributed by atoms with E-state index in [1.807, 2.05) is 0 Å². The minimum absolute atomic E-state index is 0.0933. The van der Waals surface area contributed by atoms with Crippen molar-refractivity contribution < 1.29 is 8.42 Å². The van der Waals surface area contributed by atoms with E-state index in [-0.39, 0.29) is 4.90 Å². The summed E-state index contributed by atoms with van der Waals surface area (Å²) in [6.07, 6.45) is 5.80. The van der Waals surface area contributed by atoms with Crippen molar-refractivity contribution in [2.75, 3.05) is 4.72 Å². The van der Waals surface area contributed by atoms with Gasteiger partial charge in [0, 0.05) is 23.1 Å². The normalized spacial score (nSPS) is 11.1. The monoisotopic (exact) mass is 313 g/mol. The Hall–Kier alpha value is -1.47. The first kappa shape index (κ1) is 12.0. The van der Waals surface area contributed by atoms with Gasteiger partial charge in [-0.05, 0) is 34.1 Å². The number of anilines is 1. The summed E-state index contributed by atoms with van der Waals surface area (Å²) >= 11 is 3.17. The summed E-state index contributed by atoms with van der Waals surface area (Å²) in [6, 6.07) is 4.75. The SMILES string of the molecule is O=S(=O)(Nc1cccnc1)c1cncc(Br)c1. The molecule has 1 N–H and O–H groups in total. The van der Waals surface area contributed by atoms with Gasteiger partial charge in [-0.15, -0.1) is 0 Å². The fourth-order valence-electron chi connectivity index (χ4n) is 1.18. The van der Waals surface area contributed by atoms with Crippen LogP contribution in [0.2, 0.25) is 0 Å². The molecule has 0 amide bonds. The van der Waals surface area contributed by atoms with E-state index in [1.165, 1.54) is 24.7 Å². The van der Waals surface area contributed by atoms with Crippen molar-refractivity contribution in [3.8, 4) is 0 Å². The van der Waals surface area contributed by atoms with Gasteiger partial charge in [-0.1, -0.05) is 0 Å². The van der Waals surface area contributed by atoms with Crippen molar-refractivity contribution in [2.24, 2.45) is 0 Å². The molecule has 0 atom stereocenters. The van der Waals surface area contributed by atoms with E-state index in [1.54, 1.807) is 18.3 Å². The summed E-state index contributed by atoms with van der Waals surface area (Å²) in [4.78, 5) is 7.73. The van der Waals surface area contributed by atoms with E-state index in [0.717, 1.165) is 0 Å². The molecule has 0 radical (unpaired) electrons. The Morgan fingerprint density at radius 1 is 1.18 bits per heavy atom. The lowest BCUT2D eigenvalue weighted by atomic mass is 10.4. The number of nitrogens with one attached hydrogen (secondary N) is 1. The second-order valence-electron chi connectivity index (χ2n) is 3.19. The Balaban J connectivity index is 2.32. The fourth-order valence-corrected chi connectivity index (χ4v) is 2.72. The Labute approximate surface area is 107 Å². The molecule has 0 unspecified atom stereocenters. The first-order valence-corrected chi connectivity index (χ1v) is 6.89. The second kappa shape index (κ2) is 4.80. The molecule has 0 aliphatic rings. The number of pyridine rings is 2. The molecule has 2 aromatic heterocycles. The van der Waals surface area contributed by atoms with Crippen molar-refractivity contribution in [3.05, 3.63) is 47.5 Å². The molecule has 0 saturated heterocycles. The van der Waals surface area contributed by atoms with Crippen LogP contribution in [-0.4, -0.2) is 18.4 Å². The van der Waals surface area contributed by atoms with Crippen LogP contribution in [0, 0.1) is 0 Å². The molecule has 0 aliphatic carbocycles. The van der Waals surface area contributed by atoms with Gasteiger partial charge in [0.1, 0.15) is 4.90 Å². The van der Waals surface area contributed by atoms with Crippen LogP contribution in [0.1, 0.15) is 0 Å². The largest absolute Gasteiger partial charge is 0.278 e. The molecule has 5 nitrogen and oxygen atoms in total. The molecule has 88 valence electrons. The molecule has 0 aliphatic heterocycles. The lowest BCUT2D eigenvalue weighted by Gasteiger charge is -2.07. The molecule has 2 aromatic rings. The van der Waals surface area contributed by atoms with Crippen molar-refractivity contribution >= 4 is 31.6 Å². The second-order valence-corrected chi connectivity index (χ2v) is 5.78. The van der Waals surface area contributed by atoms with E-state index >= 15 is 0 Å². The summed E-state index contributed by atoms with van der Waals surface area (Å²) in [5.41, 5.74) is 0.410. The van der Waals surface area contributed by atoms with Crippen LogP contribution in [0.15, 0.2) is 52.4 Å². The first-order valence-electron chi connectivity index (χ1n) is 4.61. The first-order chi connectivity index (χ1) is 8.08. The summed E-state index contributed by atoms with van der Waals surface area (Å²) in [7, 11) is -3.62. The van der Waals surface area contributed by atoms with Crippen molar-refractivity contribution in [1.29, 1.82) is 0 Å². The minimum Gasteiger partial charge on any atom is -0.278 e. The average molecular weight is 314 g/mol. The van der Waals surface area contributed by atoms with Crippen LogP contribution >= 0.6 is 15.9 Å². The average Bonchev–Trinajstić information content (AvgIpc) is 2.30. The highest BCUT2D eigenvalue weighted by Crippen LogP contribution is 2.17. The lowest BCUT2D eigenvalue weighted by molar-refractivity contribution is 0.600. The molecule has 0 aromatic carbocycles. The Morgan fingerprint density at radius 2 is 2.00 bits per heavy atom. The molecule has 17 heavy (non-hydrogen) atoms. The maximum atomic E-state index is 12.0. The van der Waals surface area contributed by atoms with Gasteiger partial charge >= 0.3 is 0 Å². The van der Waals surface area contributed by atoms with E-state index < -0.39 is 10.0 Å². The van der Waals surface area contributed by atoms with E-state index in [9.17, 15) is 8.42 Å². The Kier molecular flexibility index (Phi) is 3.39. The number of halogens is 1. The van der Waals surface area contributed by atoms with Gasteiger partial charge in [-0.25, -0.2) is 8.42 Å². The van der Waals surface area contributed by atoms with Crippen LogP contribution in [0.25, 0.3) is 0 Å². The zero-order valence-electron chi connectivity index (χ0n) is 8.54. The van der Waals surface area contributed by atoms with Crippen molar-refractivity contribution in [1.82, 2.24) is 9.97 Å². The quantitative estimate of drug-likeness (QED) is 0.941. The number of sulfonamides is 1. The third-order valence-electron chi connectivity index (χ3n) is 1.90. The van der Waals surface area contributed by atoms with E-state index in [2.05, 4.69) is 30.6 Å². The van der Waals surface area contributed by atoms with Crippen LogP contribution < -0.4 is 4.72 Å². The third-order valence-corrected chi connectivity index (χ3v) is 3.69. The smallest absolute Gasteiger partial charge is 0.263 e. The Morgan fingerprint density at radius 3 is 2.65 bits per heavy atom. The molecule has 0 bridgehead atoms. The number of aromatic nitrogens is 2. The van der Waals surface area contributed by atoms with Gasteiger partial charge in [0.05, 0.1) is 11.9 Å². The maximum Gasteiger partial charge on any atom is 0.263 e. The van der Waals surface area contributed by atoms with Crippen molar-refractivity contribution in [2.45, 2.75) is 4.90 Å². The van der Waals surface area contributed by atoms with Gasteiger partial charge in [-0.2, -0.15) is 0 Å². The molecule has 0 fully saturated rings. The molecule has 0 spiro atoms. The van der Waals surface area contributed by atoms with Gasteiger partial charge in [0.15, 0.2) is 0 Å². The highest BCUT2D eigenvalue weighted by Gasteiger charge is 2.14. The predicted molar refractivity (Wildman–Crippen MR) is 67.0 cm³/mol. The summed E-state index contributed by atoms with van der Waals surface area (Å²) in [5.74, 6) is 0. The highest BCUT2D eigenvalue weighted by molar-refractivity contribution is 9.10. The lowest BCUT2D eigenvalue weighted by Crippen LogP contribution is -2.13. The highest BCUT2D eigenvalue weighted by atomic mass is 79.9. The number of hydrogen-bond donors (Lipinski definition) is 1. The number of hydrogen-bond acceptors (Lipinski definition) is 4. The molecule has 2 heterocycles. The number of rotatable bonds is 3. The summed E-state index contributed by atoms with van der Waals surface area (Å²) in [5, 5.41) is 0. The van der Waals surface area contributed by atoms with Gasteiger partial charge in [-0.3, -0.25) is 14.7 Å². The zero-order chi connectivity index (χ0) is 12.3. The van der Waals surface area contributed by atoms with Gasteiger partial charge in [0.2, 0.25) is 0 Å². The maximum absolute atomic E-state index is 12.0.